The molecule has 0 bridgehead atoms. The zero-order valence-corrected chi connectivity index (χ0v) is 33.7. The Bertz CT molecular complexity index is 1860. The predicted molar refractivity (Wildman–Crippen MR) is 195 cm³/mol. The molecule has 0 aromatic heterocycles. The molecule has 0 saturated heterocycles. The molecule has 1 unspecified atom stereocenters. The molecule has 0 N–H and O–H groups in total. The number of allylic oxidation sites excluding steroid dienone is 4. The molecule has 244 valence electrons. The van der Waals surface area contributed by atoms with Crippen LogP contribution in [0.25, 0.3) is 21.5 Å². The Labute approximate surface area is 311 Å². The number of halogens is 2. The second-order valence-electron chi connectivity index (χ2n) is 15.8. The fourth-order valence-electron chi connectivity index (χ4n) is 6.41. The Morgan fingerprint density at radius 1 is 0.638 bits per heavy atom. The summed E-state index contributed by atoms with van der Waals surface area (Å²) < 4.78 is 1.42. The number of benzene rings is 4. The van der Waals surface area contributed by atoms with Crippen LogP contribution in [0, 0.1) is 5.41 Å². The average Bonchev–Trinajstić information content (AvgIpc) is 3.57. The van der Waals surface area contributed by atoms with Crippen LogP contribution in [-0.4, -0.2) is 3.21 Å². The van der Waals surface area contributed by atoms with E-state index in [2.05, 4.69) is 178 Å². The standard InChI is InChI=1S/C31H39.C13H10.2ClH.Zr/c1-19-15-22(30(5,6)7)18-25(19)28-26-17-20-16-21(29(2,3)4)11-12-23(20)24(26)13-14-27(28)31(8,9)10;1-3-7-12(8-4-1)11-13-9-5-2-6-10-13;;;/h11-18,25H,1-10H3;1-10H;2*1H;/q-1;;;;+2/p-2. The van der Waals surface area contributed by atoms with Crippen LogP contribution in [0.5, 0.6) is 0 Å². The molecular weight excluding hydrogens is 691 g/mol. The van der Waals surface area contributed by atoms with Crippen molar-refractivity contribution in [3.63, 3.8) is 0 Å². The van der Waals surface area contributed by atoms with Gasteiger partial charge in [-0.15, -0.1) is 33.7 Å². The van der Waals surface area contributed by atoms with Crippen LogP contribution in [0.3, 0.4) is 0 Å². The van der Waals surface area contributed by atoms with Gasteiger partial charge in [-0.25, -0.2) is 0 Å². The first-order chi connectivity index (χ1) is 21.1. The van der Waals surface area contributed by atoms with E-state index in [9.17, 15) is 0 Å². The van der Waals surface area contributed by atoms with E-state index in [1.165, 1.54) is 87.9 Å². The van der Waals surface area contributed by atoms with Gasteiger partial charge in [-0.2, -0.15) is 0 Å². The fraction of sp³-hybridized carbons (Fsp3) is 0.318. The van der Waals surface area contributed by atoms with E-state index in [0.29, 0.717) is 5.92 Å². The number of rotatable bonds is 3. The SMILES string of the molecule is CC1=CC(C(C)(C)C)=CC1c1c(C(C)(C)C)ccc2c1[cH-]c1cc(C(C)(C)C)ccc12.[Cl-].[Cl-].[Zr+2]=[C](c1ccccc1)c1ccccc1. The Hall–Kier alpha value is -2.44. The van der Waals surface area contributed by atoms with Crippen LogP contribution >= 0.6 is 0 Å². The van der Waals surface area contributed by atoms with E-state index in [-0.39, 0.29) is 41.1 Å². The first kappa shape index (κ1) is 39.0. The maximum atomic E-state index is 2.53. The molecule has 0 fully saturated rings. The Morgan fingerprint density at radius 3 is 1.64 bits per heavy atom. The van der Waals surface area contributed by atoms with Gasteiger partial charge in [0.05, 0.1) is 0 Å². The van der Waals surface area contributed by atoms with Gasteiger partial charge in [0.1, 0.15) is 0 Å². The molecule has 3 heteroatoms. The summed E-state index contributed by atoms with van der Waals surface area (Å²) in [6.45, 7) is 23.2. The minimum absolute atomic E-state index is 0. The summed E-state index contributed by atoms with van der Waals surface area (Å²) in [4.78, 5) is 0. The molecule has 0 saturated carbocycles. The molecule has 0 nitrogen and oxygen atoms in total. The van der Waals surface area contributed by atoms with E-state index in [1.807, 2.05) is 0 Å². The molecule has 47 heavy (non-hydrogen) atoms. The monoisotopic (exact) mass is 737 g/mol. The van der Waals surface area contributed by atoms with Gasteiger partial charge in [0.15, 0.2) is 0 Å². The third-order valence-corrected chi connectivity index (χ3v) is 10.5. The number of fused-ring (bicyclic) bond motifs is 3. The summed E-state index contributed by atoms with van der Waals surface area (Å²) >= 11 is 1.46. The summed E-state index contributed by atoms with van der Waals surface area (Å²) in [5, 5.41) is 5.57. The van der Waals surface area contributed by atoms with Gasteiger partial charge in [-0.05, 0) is 34.7 Å². The molecule has 0 spiro atoms. The molecule has 0 radical (unpaired) electrons. The van der Waals surface area contributed by atoms with Gasteiger partial charge in [0, 0.05) is 0 Å². The first-order valence-electron chi connectivity index (χ1n) is 16.3. The third-order valence-electron chi connectivity index (χ3n) is 9.12. The van der Waals surface area contributed by atoms with Crippen molar-refractivity contribution >= 4 is 24.8 Å². The van der Waals surface area contributed by atoms with Crippen LogP contribution in [0.15, 0.2) is 120 Å². The van der Waals surface area contributed by atoms with Gasteiger partial charge < -0.3 is 24.8 Å². The molecule has 1 atom stereocenters. The number of hydrogen-bond acceptors (Lipinski definition) is 0. The zero-order valence-electron chi connectivity index (χ0n) is 29.7. The van der Waals surface area contributed by atoms with Crippen molar-refractivity contribution in [3.8, 4) is 0 Å². The summed E-state index contributed by atoms with van der Waals surface area (Å²) in [6.07, 6.45) is 4.95. The van der Waals surface area contributed by atoms with Crippen LogP contribution in [0.2, 0.25) is 0 Å². The minimum atomic E-state index is 0. The van der Waals surface area contributed by atoms with Crippen molar-refractivity contribution < 1.29 is 49.0 Å². The van der Waals surface area contributed by atoms with Gasteiger partial charge >= 0.3 is 99.2 Å². The van der Waals surface area contributed by atoms with Crippen LogP contribution in [0.1, 0.15) is 103 Å². The maximum absolute atomic E-state index is 2.53. The topological polar surface area (TPSA) is 0 Å². The molecule has 5 aromatic carbocycles. The molecule has 1 aliphatic carbocycles. The van der Waals surface area contributed by atoms with Crippen LogP contribution < -0.4 is 24.8 Å². The second kappa shape index (κ2) is 15.0. The normalized spacial score (nSPS) is 14.9. The quantitative estimate of drug-likeness (QED) is 0.196. The Kier molecular flexibility index (Phi) is 12.4. The van der Waals surface area contributed by atoms with Gasteiger partial charge in [-0.1, -0.05) is 121 Å². The van der Waals surface area contributed by atoms with E-state index in [4.69, 9.17) is 0 Å². The van der Waals surface area contributed by atoms with Crippen molar-refractivity contribution in [2.75, 3.05) is 0 Å². The van der Waals surface area contributed by atoms with Gasteiger partial charge in [0.25, 0.3) is 0 Å². The molecule has 0 aliphatic heterocycles. The summed E-state index contributed by atoms with van der Waals surface area (Å²) in [5.74, 6) is 0.353. The molecule has 0 amide bonds. The number of hydrogen-bond donors (Lipinski definition) is 0. The van der Waals surface area contributed by atoms with E-state index >= 15 is 0 Å². The van der Waals surface area contributed by atoms with E-state index < -0.39 is 0 Å². The van der Waals surface area contributed by atoms with Gasteiger partial charge in [0.2, 0.25) is 0 Å². The predicted octanol–water partition coefficient (Wildman–Crippen LogP) is 6.13. The van der Waals surface area contributed by atoms with Crippen LogP contribution in [-0.2, 0) is 35.1 Å². The van der Waals surface area contributed by atoms with Crippen molar-refractivity contribution in [3.05, 3.63) is 148 Å². The van der Waals surface area contributed by atoms with Crippen molar-refractivity contribution in [2.24, 2.45) is 5.41 Å². The molecule has 6 rings (SSSR count). The third kappa shape index (κ3) is 8.60. The van der Waals surface area contributed by atoms with Crippen molar-refractivity contribution in [2.45, 2.75) is 86.0 Å². The molecule has 1 aliphatic rings. The first-order valence-corrected chi connectivity index (χ1v) is 17.6. The van der Waals surface area contributed by atoms with E-state index in [0.717, 1.165) is 0 Å². The molecule has 5 aromatic rings. The molecule has 0 heterocycles. The van der Waals surface area contributed by atoms with Crippen LogP contribution in [0.4, 0.5) is 0 Å². The average molecular weight is 740 g/mol. The second-order valence-corrected chi connectivity index (χ2v) is 17.0. The summed E-state index contributed by atoms with van der Waals surface area (Å²) in [7, 11) is 0. The molecular formula is C44H49Cl2Zr-. The summed E-state index contributed by atoms with van der Waals surface area (Å²) in [5.41, 5.74) is 10.4. The van der Waals surface area contributed by atoms with Crippen molar-refractivity contribution in [1.29, 1.82) is 0 Å². The fourth-order valence-corrected chi connectivity index (χ4v) is 7.23. The van der Waals surface area contributed by atoms with Gasteiger partial charge in [-0.3, -0.25) is 0 Å². The Balaban J connectivity index is 0.000000316. The Morgan fingerprint density at radius 2 is 1.17 bits per heavy atom. The van der Waals surface area contributed by atoms with E-state index in [1.54, 1.807) is 0 Å². The zero-order chi connectivity index (χ0) is 32.7. The summed E-state index contributed by atoms with van der Waals surface area (Å²) in [6, 6.07) is 35.4. The van der Waals surface area contributed by atoms with Crippen molar-refractivity contribution in [1.82, 2.24) is 0 Å².